The Bertz CT molecular complexity index is 558. The largest absolute Gasteiger partial charge is 0.327 e. The Hall–Kier alpha value is -1.60. The van der Waals surface area contributed by atoms with Crippen molar-refractivity contribution in [1.29, 1.82) is 0 Å². The lowest BCUT2D eigenvalue weighted by atomic mass is 9.92. The summed E-state index contributed by atoms with van der Waals surface area (Å²) in [5.74, 6) is 0. The van der Waals surface area contributed by atoms with Crippen LogP contribution in [-0.2, 0) is 12.8 Å². The van der Waals surface area contributed by atoms with E-state index >= 15 is 0 Å². The Morgan fingerprint density at radius 1 is 0.800 bits per heavy atom. The van der Waals surface area contributed by atoms with Crippen LogP contribution in [0.1, 0.15) is 33.4 Å². The highest BCUT2D eigenvalue weighted by Crippen LogP contribution is 2.19. The lowest BCUT2D eigenvalue weighted by Crippen LogP contribution is -2.26. The van der Waals surface area contributed by atoms with Crippen LogP contribution in [0.15, 0.2) is 36.4 Å². The van der Waals surface area contributed by atoms with Crippen molar-refractivity contribution in [2.24, 2.45) is 5.73 Å². The van der Waals surface area contributed by atoms with Gasteiger partial charge >= 0.3 is 0 Å². The van der Waals surface area contributed by atoms with Gasteiger partial charge in [0, 0.05) is 6.04 Å². The van der Waals surface area contributed by atoms with Gasteiger partial charge in [-0.25, -0.2) is 0 Å². The summed E-state index contributed by atoms with van der Waals surface area (Å²) >= 11 is 0. The molecule has 1 unspecified atom stereocenters. The molecule has 0 aliphatic rings. The molecule has 106 valence electrons. The number of benzene rings is 2. The quantitative estimate of drug-likeness (QED) is 0.889. The molecule has 0 heterocycles. The minimum atomic E-state index is 0.179. The van der Waals surface area contributed by atoms with Crippen LogP contribution < -0.4 is 5.73 Å². The molecule has 0 saturated carbocycles. The van der Waals surface area contributed by atoms with Crippen molar-refractivity contribution in [3.05, 3.63) is 69.8 Å². The van der Waals surface area contributed by atoms with Crippen LogP contribution in [0, 0.1) is 27.7 Å². The molecule has 0 aliphatic carbocycles. The first kappa shape index (κ1) is 14.8. The fraction of sp³-hybridized carbons (Fsp3) is 0.368. The van der Waals surface area contributed by atoms with Crippen molar-refractivity contribution in [2.45, 2.75) is 46.6 Å². The molecule has 20 heavy (non-hydrogen) atoms. The Morgan fingerprint density at radius 3 is 1.90 bits per heavy atom. The Morgan fingerprint density at radius 2 is 1.35 bits per heavy atom. The summed E-state index contributed by atoms with van der Waals surface area (Å²) in [5, 5.41) is 0. The lowest BCUT2D eigenvalue weighted by Gasteiger charge is -2.16. The molecule has 0 aromatic heterocycles. The standard InChI is InChI=1S/C19H25N/c1-13-5-7-17(8-6-13)11-18(20)12-19-15(3)9-14(2)10-16(19)4/h5-10,18H,11-12,20H2,1-4H3. The van der Waals surface area contributed by atoms with Crippen LogP contribution in [-0.4, -0.2) is 6.04 Å². The van der Waals surface area contributed by atoms with Gasteiger partial charge in [-0.2, -0.15) is 0 Å². The summed E-state index contributed by atoms with van der Waals surface area (Å²) in [6, 6.07) is 13.4. The molecular formula is C19H25N. The van der Waals surface area contributed by atoms with Crippen molar-refractivity contribution in [3.63, 3.8) is 0 Å². The van der Waals surface area contributed by atoms with Crippen LogP contribution in [0.4, 0.5) is 0 Å². The molecular weight excluding hydrogens is 242 g/mol. The zero-order chi connectivity index (χ0) is 14.7. The van der Waals surface area contributed by atoms with Gasteiger partial charge in [-0.05, 0) is 62.8 Å². The smallest absolute Gasteiger partial charge is 0.0120 e. The maximum Gasteiger partial charge on any atom is 0.0120 e. The minimum Gasteiger partial charge on any atom is -0.327 e. The van der Waals surface area contributed by atoms with E-state index in [1.54, 1.807) is 0 Å². The normalized spacial score (nSPS) is 12.4. The molecule has 2 rings (SSSR count). The second kappa shape index (κ2) is 6.23. The molecule has 2 aromatic rings. The van der Waals surface area contributed by atoms with E-state index in [1.165, 1.54) is 33.4 Å². The highest BCUT2D eigenvalue weighted by atomic mass is 14.6. The molecule has 1 nitrogen and oxygen atoms in total. The van der Waals surface area contributed by atoms with E-state index in [0.29, 0.717) is 0 Å². The topological polar surface area (TPSA) is 26.0 Å². The van der Waals surface area contributed by atoms with Gasteiger partial charge in [0.2, 0.25) is 0 Å². The van der Waals surface area contributed by atoms with Gasteiger partial charge in [-0.1, -0.05) is 47.5 Å². The SMILES string of the molecule is Cc1ccc(CC(N)Cc2c(C)cc(C)cc2C)cc1. The summed E-state index contributed by atoms with van der Waals surface area (Å²) in [6.07, 6.45) is 1.89. The summed E-state index contributed by atoms with van der Waals surface area (Å²) in [6.45, 7) is 8.64. The third-order valence-corrected chi connectivity index (χ3v) is 3.93. The van der Waals surface area contributed by atoms with E-state index in [0.717, 1.165) is 12.8 Å². The number of nitrogens with two attached hydrogens (primary N) is 1. The van der Waals surface area contributed by atoms with E-state index in [4.69, 9.17) is 5.73 Å². The van der Waals surface area contributed by atoms with E-state index in [2.05, 4.69) is 64.1 Å². The molecule has 1 heteroatoms. The van der Waals surface area contributed by atoms with E-state index in [1.807, 2.05) is 0 Å². The maximum atomic E-state index is 6.35. The van der Waals surface area contributed by atoms with Gasteiger partial charge in [-0.15, -0.1) is 0 Å². The molecule has 0 fully saturated rings. The molecule has 0 spiro atoms. The monoisotopic (exact) mass is 267 g/mol. The zero-order valence-corrected chi connectivity index (χ0v) is 13.0. The van der Waals surface area contributed by atoms with Gasteiger partial charge in [0.05, 0.1) is 0 Å². The Kier molecular flexibility index (Phi) is 4.61. The summed E-state index contributed by atoms with van der Waals surface area (Å²) in [7, 11) is 0. The van der Waals surface area contributed by atoms with Gasteiger partial charge in [0.1, 0.15) is 0 Å². The first-order valence-corrected chi connectivity index (χ1v) is 7.33. The fourth-order valence-electron chi connectivity index (χ4n) is 2.89. The average molecular weight is 267 g/mol. The highest BCUT2D eigenvalue weighted by Gasteiger charge is 2.10. The predicted octanol–water partition coefficient (Wildman–Crippen LogP) is 4.03. The van der Waals surface area contributed by atoms with Crippen molar-refractivity contribution in [3.8, 4) is 0 Å². The van der Waals surface area contributed by atoms with Crippen LogP contribution in [0.3, 0.4) is 0 Å². The first-order chi connectivity index (χ1) is 9.45. The van der Waals surface area contributed by atoms with E-state index in [-0.39, 0.29) is 6.04 Å². The third kappa shape index (κ3) is 3.71. The van der Waals surface area contributed by atoms with Gasteiger partial charge < -0.3 is 5.73 Å². The third-order valence-electron chi connectivity index (χ3n) is 3.93. The summed E-state index contributed by atoms with van der Waals surface area (Å²) in [5.41, 5.74) is 14.4. The van der Waals surface area contributed by atoms with Gasteiger partial charge in [0.25, 0.3) is 0 Å². The molecule has 0 radical (unpaired) electrons. The van der Waals surface area contributed by atoms with Crippen LogP contribution in [0.2, 0.25) is 0 Å². The van der Waals surface area contributed by atoms with Crippen molar-refractivity contribution < 1.29 is 0 Å². The number of aryl methyl sites for hydroxylation is 4. The summed E-state index contributed by atoms with van der Waals surface area (Å²) < 4.78 is 0. The molecule has 0 aliphatic heterocycles. The van der Waals surface area contributed by atoms with Crippen molar-refractivity contribution in [2.75, 3.05) is 0 Å². The molecule has 0 saturated heterocycles. The van der Waals surface area contributed by atoms with E-state index < -0.39 is 0 Å². The Balaban J connectivity index is 2.08. The number of rotatable bonds is 4. The molecule has 0 bridgehead atoms. The zero-order valence-electron chi connectivity index (χ0n) is 13.0. The number of hydrogen-bond acceptors (Lipinski definition) is 1. The van der Waals surface area contributed by atoms with E-state index in [9.17, 15) is 0 Å². The minimum absolute atomic E-state index is 0.179. The lowest BCUT2D eigenvalue weighted by molar-refractivity contribution is 0.660. The summed E-state index contributed by atoms with van der Waals surface area (Å²) in [4.78, 5) is 0. The molecule has 0 amide bonds. The van der Waals surface area contributed by atoms with Crippen LogP contribution in [0.25, 0.3) is 0 Å². The van der Waals surface area contributed by atoms with Crippen molar-refractivity contribution in [1.82, 2.24) is 0 Å². The predicted molar refractivity (Wildman–Crippen MR) is 87.2 cm³/mol. The van der Waals surface area contributed by atoms with Gasteiger partial charge in [-0.3, -0.25) is 0 Å². The fourth-order valence-corrected chi connectivity index (χ4v) is 2.89. The molecule has 2 N–H and O–H groups in total. The van der Waals surface area contributed by atoms with Crippen LogP contribution >= 0.6 is 0 Å². The van der Waals surface area contributed by atoms with Gasteiger partial charge in [0.15, 0.2) is 0 Å². The average Bonchev–Trinajstić information content (AvgIpc) is 2.36. The molecule has 2 aromatic carbocycles. The second-order valence-electron chi connectivity index (χ2n) is 6.03. The first-order valence-electron chi connectivity index (χ1n) is 7.33. The maximum absolute atomic E-state index is 6.35. The highest BCUT2D eigenvalue weighted by molar-refractivity contribution is 5.38. The Labute approximate surface area is 122 Å². The molecule has 1 atom stereocenters. The second-order valence-corrected chi connectivity index (χ2v) is 6.03. The van der Waals surface area contributed by atoms with Crippen molar-refractivity contribution >= 4 is 0 Å². The number of hydrogen-bond donors (Lipinski definition) is 1. The van der Waals surface area contributed by atoms with Crippen LogP contribution in [0.5, 0.6) is 0 Å².